The first-order valence-corrected chi connectivity index (χ1v) is 12.4. The standard InChI is InChI=1S/C24H18Br2F8N2O2/c25-14-8-13(9-15(26)10-14)17(23(29,30)31)4-2-12-1-3-16(18(7-12)24(32,33)34)20(37)36-22(5-6-22)21(38)35-11-19(27)28/h1-4,7-10,17,19H,5-6,11H2,(H,35,38)(H,36,37)/b4-2+. The summed E-state index contributed by atoms with van der Waals surface area (Å²) in [5, 5.41) is 4.09. The Morgan fingerprint density at radius 3 is 2.08 bits per heavy atom. The highest BCUT2D eigenvalue weighted by Crippen LogP contribution is 2.40. The molecule has 2 N–H and O–H groups in total. The van der Waals surface area contributed by atoms with Crippen LogP contribution in [0.4, 0.5) is 35.1 Å². The molecule has 0 saturated heterocycles. The molecule has 0 aromatic heterocycles. The van der Waals surface area contributed by atoms with Crippen molar-refractivity contribution in [1.29, 1.82) is 0 Å². The van der Waals surface area contributed by atoms with Gasteiger partial charge in [-0.05, 0) is 54.3 Å². The number of hydrogen-bond donors (Lipinski definition) is 2. The van der Waals surface area contributed by atoms with Gasteiger partial charge in [-0.15, -0.1) is 0 Å². The molecular formula is C24H18Br2F8N2O2. The topological polar surface area (TPSA) is 58.2 Å². The highest BCUT2D eigenvalue weighted by molar-refractivity contribution is 9.11. The number of alkyl halides is 8. The molecular weight excluding hydrogens is 660 g/mol. The molecule has 0 radical (unpaired) electrons. The summed E-state index contributed by atoms with van der Waals surface area (Å²) in [6.45, 7) is -0.985. The summed E-state index contributed by atoms with van der Waals surface area (Å²) in [6, 6.07) is 6.31. The molecule has 3 rings (SSSR count). The molecule has 1 unspecified atom stereocenters. The maximum Gasteiger partial charge on any atom is 0.417 e. The summed E-state index contributed by atoms with van der Waals surface area (Å²) in [6.07, 6.45) is -11.0. The van der Waals surface area contributed by atoms with Crippen molar-refractivity contribution in [1.82, 2.24) is 10.6 Å². The van der Waals surface area contributed by atoms with E-state index in [2.05, 4.69) is 37.2 Å². The number of rotatable bonds is 8. The predicted octanol–water partition coefficient (Wildman–Crippen LogP) is 7.23. The third-order valence-corrected chi connectivity index (χ3v) is 6.54. The van der Waals surface area contributed by atoms with Gasteiger partial charge in [-0.1, -0.05) is 50.1 Å². The summed E-state index contributed by atoms with van der Waals surface area (Å²) in [5.74, 6) is -4.36. The minimum absolute atomic E-state index is 0.0422. The Hall–Kier alpha value is -2.48. The Labute approximate surface area is 228 Å². The third-order valence-electron chi connectivity index (χ3n) is 5.63. The van der Waals surface area contributed by atoms with E-state index in [0.717, 1.165) is 18.2 Å². The van der Waals surface area contributed by atoms with Crippen molar-refractivity contribution in [3.8, 4) is 0 Å². The SMILES string of the molecule is O=C(NC1(C(=O)NCC(F)F)CC1)c1ccc(/C=C/C(c2cc(Br)cc(Br)c2)C(F)(F)F)cc1C(F)(F)F. The molecule has 0 aliphatic heterocycles. The summed E-state index contributed by atoms with van der Waals surface area (Å²) in [7, 11) is 0. The summed E-state index contributed by atoms with van der Waals surface area (Å²) >= 11 is 6.21. The molecule has 0 spiro atoms. The van der Waals surface area contributed by atoms with Gasteiger partial charge in [0.1, 0.15) is 5.54 Å². The zero-order valence-electron chi connectivity index (χ0n) is 19.0. The molecule has 206 valence electrons. The van der Waals surface area contributed by atoms with Crippen molar-refractivity contribution < 1.29 is 44.7 Å². The first-order chi connectivity index (χ1) is 17.5. The Kier molecular flexibility index (Phi) is 8.96. The van der Waals surface area contributed by atoms with Crippen molar-refractivity contribution in [2.24, 2.45) is 0 Å². The van der Waals surface area contributed by atoms with Gasteiger partial charge in [-0.2, -0.15) is 26.3 Å². The minimum Gasteiger partial charge on any atom is -0.348 e. The van der Waals surface area contributed by atoms with Gasteiger partial charge in [0.2, 0.25) is 5.91 Å². The molecule has 0 bridgehead atoms. The molecule has 2 aromatic carbocycles. The predicted molar refractivity (Wildman–Crippen MR) is 130 cm³/mol. The largest absolute Gasteiger partial charge is 0.417 e. The van der Waals surface area contributed by atoms with Crippen LogP contribution in [0.2, 0.25) is 0 Å². The zero-order valence-corrected chi connectivity index (χ0v) is 22.2. The smallest absolute Gasteiger partial charge is 0.348 e. The molecule has 4 nitrogen and oxygen atoms in total. The summed E-state index contributed by atoms with van der Waals surface area (Å²) in [5.41, 5.74) is -4.33. The van der Waals surface area contributed by atoms with Gasteiger partial charge < -0.3 is 10.6 Å². The van der Waals surface area contributed by atoms with E-state index in [9.17, 15) is 44.7 Å². The number of hydrogen-bond acceptors (Lipinski definition) is 2. The first kappa shape index (κ1) is 30.1. The fourth-order valence-electron chi connectivity index (χ4n) is 3.63. The average Bonchev–Trinajstić information content (AvgIpc) is 3.56. The monoisotopic (exact) mass is 676 g/mol. The molecule has 14 heteroatoms. The second-order valence-corrected chi connectivity index (χ2v) is 10.4. The van der Waals surface area contributed by atoms with E-state index < -0.39 is 59.7 Å². The second-order valence-electron chi connectivity index (χ2n) is 8.52. The lowest BCUT2D eigenvalue weighted by atomic mass is 9.96. The molecule has 38 heavy (non-hydrogen) atoms. The Morgan fingerprint density at radius 1 is 0.974 bits per heavy atom. The number of amides is 2. The van der Waals surface area contributed by atoms with Gasteiger partial charge in [0.05, 0.1) is 23.6 Å². The number of allylic oxidation sites excluding steroid dienone is 1. The molecule has 1 saturated carbocycles. The lowest BCUT2D eigenvalue weighted by molar-refractivity contribution is -0.139. The van der Waals surface area contributed by atoms with E-state index in [1.54, 1.807) is 0 Å². The van der Waals surface area contributed by atoms with Crippen LogP contribution < -0.4 is 10.6 Å². The number of carbonyl (C=O) groups excluding carboxylic acids is 2. The van der Waals surface area contributed by atoms with Crippen molar-refractivity contribution >= 4 is 49.8 Å². The van der Waals surface area contributed by atoms with E-state index in [1.165, 1.54) is 18.2 Å². The quantitative estimate of drug-likeness (QED) is 0.290. The van der Waals surface area contributed by atoms with Crippen LogP contribution in [0.25, 0.3) is 6.08 Å². The van der Waals surface area contributed by atoms with Crippen LogP contribution in [0.15, 0.2) is 51.4 Å². The number of carbonyl (C=O) groups is 2. The fraction of sp³-hybridized carbons (Fsp3) is 0.333. The van der Waals surface area contributed by atoms with Crippen molar-refractivity contribution in [2.75, 3.05) is 6.54 Å². The molecule has 0 heterocycles. The van der Waals surface area contributed by atoms with E-state index in [1.807, 2.05) is 5.32 Å². The Morgan fingerprint density at radius 2 is 1.58 bits per heavy atom. The highest BCUT2D eigenvalue weighted by atomic mass is 79.9. The van der Waals surface area contributed by atoms with Crippen LogP contribution in [0.5, 0.6) is 0 Å². The number of halogens is 10. The minimum atomic E-state index is -5.07. The maximum absolute atomic E-state index is 13.8. The van der Waals surface area contributed by atoms with Crippen molar-refractivity contribution in [3.63, 3.8) is 0 Å². The van der Waals surface area contributed by atoms with Gasteiger partial charge in [-0.25, -0.2) is 8.78 Å². The van der Waals surface area contributed by atoms with Crippen LogP contribution in [-0.2, 0) is 11.0 Å². The Balaban J connectivity index is 1.89. The zero-order chi connectivity index (χ0) is 28.5. The van der Waals surface area contributed by atoms with Gasteiger partial charge in [0.25, 0.3) is 12.3 Å². The van der Waals surface area contributed by atoms with Crippen LogP contribution in [0.3, 0.4) is 0 Å². The molecule has 1 aliphatic carbocycles. The average molecular weight is 678 g/mol. The van der Waals surface area contributed by atoms with E-state index in [4.69, 9.17) is 0 Å². The normalized spacial score (nSPS) is 16.0. The maximum atomic E-state index is 13.8. The van der Waals surface area contributed by atoms with Gasteiger partial charge in [-0.3, -0.25) is 9.59 Å². The van der Waals surface area contributed by atoms with E-state index in [0.29, 0.717) is 21.1 Å². The second kappa shape index (κ2) is 11.3. The third kappa shape index (κ3) is 7.55. The lowest BCUT2D eigenvalue weighted by Gasteiger charge is -2.20. The van der Waals surface area contributed by atoms with Crippen LogP contribution >= 0.6 is 31.9 Å². The number of nitrogens with one attached hydrogen (secondary N) is 2. The van der Waals surface area contributed by atoms with E-state index >= 15 is 0 Å². The fourth-order valence-corrected chi connectivity index (χ4v) is 4.96. The summed E-state index contributed by atoms with van der Waals surface area (Å²) < 4.78 is 108. The van der Waals surface area contributed by atoms with E-state index in [-0.39, 0.29) is 24.0 Å². The first-order valence-electron chi connectivity index (χ1n) is 10.8. The lowest BCUT2D eigenvalue weighted by Crippen LogP contribution is -2.50. The van der Waals surface area contributed by atoms with Gasteiger partial charge >= 0.3 is 12.4 Å². The van der Waals surface area contributed by atoms with Gasteiger partial charge in [0.15, 0.2) is 0 Å². The molecule has 1 fully saturated rings. The Bertz CT molecular complexity index is 1220. The van der Waals surface area contributed by atoms with Crippen LogP contribution in [-0.4, -0.2) is 36.5 Å². The highest BCUT2D eigenvalue weighted by Gasteiger charge is 2.52. The molecule has 1 aliphatic rings. The molecule has 1 atom stereocenters. The van der Waals surface area contributed by atoms with Crippen molar-refractivity contribution in [3.05, 3.63) is 73.7 Å². The van der Waals surface area contributed by atoms with Crippen LogP contribution in [0, 0.1) is 0 Å². The van der Waals surface area contributed by atoms with Crippen molar-refractivity contribution in [2.45, 2.75) is 43.1 Å². The summed E-state index contributed by atoms with van der Waals surface area (Å²) in [4.78, 5) is 24.8. The molecule has 2 aromatic rings. The van der Waals surface area contributed by atoms with Gasteiger partial charge in [0, 0.05) is 8.95 Å². The number of benzene rings is 2. The van der Waals surface area contributed by atoms with Crippen LogP contribution in [0.1, 0.15) is 45.8 Å². The molecule has 2 amide bonds.